The summed E-state index contributed by atoms with van der Waals surface area (Å²) in [6.45, 7) is 2.73. The van der Waals surface area contributed by atoms with Gasteiger partial charge in [0.25, 0.3) is 0 Å². The summed E-state index contributed by atoms with van der Waals surface area (Å²) in [7, 11) is 3.19. The summed E-state index contributed by atoms with van der Waals surface area (Å²) in [5, 5.41) is -0.411. The van der Waals surface area contributed by atoms with Crippen LogP contribution in [0.2, 0.25) is 0 Å². The number of nitrogens with two attached hydrogens (primary N) is 1. The van der Waals surface area contributed by atoms with E-state index in [0.717, 1.165) is 16.2 Å². The summed E-state index contributed by atoms with van der Waals surface area (Å²) in [4.78, 5) is 13.6. The normalized spacial score (nSPS) is 12.9. The zero-order valence-electron chi connectivity index (χ0n) is 17.5. The summed E-state index contributed by atoms with van der Waals surface area (Å²) in [5.41, 5.74) is 7.65. The lowest BCUT2D eigenvalue weighted by molar-refractivity contribution is -0.167. The van der Waals surface area contributed by atoms with E-state index in [1.807, 2.05) is 48.5 Å². The Kier molecular flexibility index (Phi) is 10.5. The smallest absolute Gasteiger partial charge is 0.336 e. The van der Waals surface area contributed by atoms with Gasteiger partial charge in [0.05, 0.1) is 32.2 Å². The molecule has 2 N–H and O–H groups in total. The highest BCUT2D eigenvalue weighted by Gasteiger charge is 2.33. The third kappa shape index (κ3) is 7.21. The molecule has 8 heteroatoms. The molecule has 0 aliphatic heterocycles. The topological polar surface area (TPSA) is 89.2 Å². The fourth-order valence-corrected chi connectivity index (χ4v) is 3.89. The number of hydrogen-bond acceptors (Lipinski definition) is 8. The second-order valence-electron chi connectivity index (χ2n) is 6.21. The molecule has 0 aliphatic carbocycles. The summed E-state index contributed by atoms with van der Waals surface area (Å²) in [6.07, 6.45) is -0.898. The van der Waals surface area contributed by atoms with Crippen molar-refractivity contribution in [1.82, 2.24) is 0 Å². The van der Waals surface area contributed by atoms with E-state index in [2.05, 4.69) is 0 Å². The predicted octanol–water partition coefficient (Wildman–Crippen LogP) is 3.68. The lowest BCUT2D eigenvalue weighted by atomic mass is 10.1. The highest BCUT2D eigenvalue weighted by molar-refractivity contribution is 7.99. The molecule has 0 saturated carbocycles. The molecular formula is C22H29NO6S. The SMILES string of the molecule is CCOC(=O)[C@H](OCOCCOC)[C@@H](Sc1ccccc1N)c1ccc(OC)cc1. The van der Waals surface area contributed by atoms with Crippen molar-refractivity contribution in [2.45, 2.75) is 23.2 Å². The Hall–Kier alpha value is -2.26. The number of nitrogen functional groups attached to an aromatic ring is 1. The van der Waals surface area contributed by atoms with E-state index in [4.69, 9.17) is 29.4 Å². The third-order valence-corrected chi connectivity index (χ3v) is 5.57. The highest BCUT2D eigenvalue weighted by Crippen LogP contribution is 2.42. The second-order valence-corrected chi connectivity index (χ2v) is 7.39. The highest BCUT2D eigenvalue weighted by atomic mass is 32.2. The second kappa shape index (κ2) is 13.1. The van der Waals surface area contributed by atoms with Crippen molar-refractivity contribution in [2.75, 3.05) is 46.6 Å². The van der Waals surface area contributed by atoms with Gasteiger partial charge in [-0.15, -0.1) is 11.8 Å². The van der Waals surface area contributed by atoms with Crippen LogP contribution in [0, 0.1) is 0 Å². The standard InChI is InChI=1S/C22H29NO6S/c1-4-28-22(24)20(29-15-27-14-13-25-2)21(16-9-11-17(26-3)12-10-16)30-19-8-6-5-7-18(19)23/h5-12,20-21H,4,13-15,23H2,1-3H3/t20-,21+/m1/s1. The Morgan fingerprint density at radius 2 is 1.80 bits per heavy atom. The maximum Gasteiger partial charge on any atom is 0.336 e. The molecule has 0 heterocycles. The molecule has 30 heavy (non-hydrogen) atoms. The number of ether oxygens (including phenoxy) is 5. The average Bonchev–Trinajstić information content (AvgIpc) is 2.76. The van der Waals surface area contributed by atoms with Gasteiger partial charge in [-0.25, -0.2) is 4.79 Å². The Labute approximate surface area is 181 Å². The fourth-order valence-electron chi connectivity index (χ4n) is 2.65. The summed E-state index contributed by atoms with van der Waals surface area (Å²) in [6, 6.07) is 15.0. The number of rotatable bonds is 13. The first-order chi connectivity index (χ1) is 14.6. The van der Waals surface area contributed by atoms with Crippen molar-refractivity contribution in [1.29, 1.82) is 0 Å². The molecule has 2 aromatic rings. The van der Waals surface area contributed by atoms with Gasteiger partial charge >= 0.3 is 5.97 Å². The van der Waals surface area contributed by atoms with Crippen LogP contribution in [0.1, 0.15) is 17.7 Å². The van der Waals surface area contributed by atoms with E-state index >= 15 is 0 Å². The van der Waals surface area contributed by atoms with Gasteiger partial charge in [0.1, 0.15) is 12.5 Å². The minimum atomic E-state index is -0.898. The first kappa shape index (κ1) is 24.0. The van der Waals surface area contributed by atoms with Crippen LogP contribution in [0.15, 0.2) is 53.4 Å². The Morgan fingerprint density at radius 1 is 1.07 bits per heavy atom. The molecule has 2 aromatic carbocycles. The predicted molar refractivity (Wildman–Crippen MR) is 117 cm³/mol. The minimum absolute atomic E-state index is 0.0652. The maximum absolute atomic E-state index is 12.8. The average molecular weight is 436 g/mol. The largest absolute Gasteiger partial charge is 0.497 e. The number of esters is 1. The van der Waals surface area contributed by atoms with Gasteiger partial charge in [-0.2, -0.15) is 0 Å². The lowest BCUT2D eigenvalue weighted by Crippen LogP contribution is -2.32. The van der Waals surface area contributed by atoms with Crippen molar-refractivity contribution in [3.05, 3.63) is 54.1 Å². The van der Waals surface area contributed by atoms with Crippen LogP contribution in [0.25, 0.3) is 0 Å². The number of thioether (sulfide) groups is 1. The zero-order chi connectivity index (χ0) is 21.8. The number of methoxy groups -OCH3 is 2. The third-order valence-electron chi connectivity index (χ3n) is 4.17. The molecule has 7 nitrogen and oxygen atoms in total. The molecule has 164 valence electrons. The fraction of sp³-hybridized carbons (Fsp3) is 0.409. The Morgan fingerprint density at radius 3 is 2.43 bits per heavy atom. The molecule has 2 atom stereocenters. The van der Waals surface area contributed by atoms with Crippen LogP contribution in [0.4, 0.5) is 5.69 Å². The van der Waals surface area contributed by atoms with E-state index in [1.54, 1.807) is 21.1 Å². The summed E-state index contributed by atoms with van der Waals surface area (Å²) in [5.74, 6) is 0.258. The molecule has 0 aliphatic rings. The van der Waals surface area contributed by atoms with Crippen LogP contribution < -0.4 is 10.5 Å². The zero-order valence-corrected chi connectivity index (χ0v) is 18.4. The van der Waals surface area contributed by atoms with Gasteiger partial charge in [-0.05, 0) is 36.8 Å². The number of anilines is 1. The molecule has 0 amide bonds. The first-order valence-electron chi connectivity index (χ1n) is 9.60. The number of carbonyl (C=O) groups is 1. The van der Waals surface area contributed by atoms with Crippen LogP contribution >= 0.6 is 11.8 Å². The summed E-state index contributed by atoms with van der Waals surface area (Å²) < 4.78 is 26.8. The van der Waals surface area contributed by atoms with Crippen LogP contribution in [-0.4, -0.2) is 52.9 Å². The first-order valence-corrected chi connectivity index (χ1v) is 10.5. The Balaban J connectivity index is 2.31. The van der Waals surface area contributed by atoms with Gasteiger partial charge in [-0.1, -0.05) is 24.3 Å². The molecule has 0 unspecified atom stereocenters. The van der Waals surface area contributed by atoms with Crippen LogP contribution in [-0.2, 0) is 23.7 Å². The van der Waals surface area contributed by atoms with E-state index < -0.39 is 17.3 Å². The number of hydrogen-bond donors (Lipinski definition) is 1. The van der Waals surface area contributed by atoms with Gasteiger partial charge in [0.15, 0.2) is 6.10 Å². The molecule has 0 fully saturated rings. The van der Waals surface area contributed by atoms with Crippen molar-refractivity contribution in [3.8, 4) is 5.75 Å². The molecule has 0 spiro atoms. The van der Waals surface area contributed by atoms with Gasteiger partial charge in [0.2, 0.25) is 0 Å². The van der Waals surface area contributed by atoms with E-state index in [-0.39, 0.29) is 13.4 Å². The molecule has 0 radical (unpaired) electrons. The molecular weight excluding hydrogens is 406 g/mol. The van der Waals surface area contributed by atoms with E-state index in [0.29, 0.717) is 18.9 Å². The Bertz CT molecular complexity index is 770. The quantitative estimate of drug-likeness (QED) is 0.168. The minimum Gasteiger partial charge on any atom is -0.497 e. The van der Waals surface area contributed by atoms with Crippen LogP contribution in [0.5, 0.6) is 5.75 Å². The number of para-hydroxylation sites is 1. The van der Waals surface area contributed by atoms with Crippen molar-refractivity contribution in [2.24, 2.45) is 0 Å². The maximum atomic E-state index is 12.8. The summed E-state index contributed by atoms with van der Waals surface area (Å²) >= 11 is 1.44. The monoisotopic (exact) mass is 435 g/mol. The van der Waals surface area contributed by atoms with Crippen molar-refractivity contribution >= 4 is 23.4 Å². The molecule has 0 bridgehead atoms. The van der Waals surface area contributed by atoms with Gasteiger partial charge in [0, 0.05) is 17.7 Å². The van der Waals surface area contributed by atoms with E-state index in [1.165, 1.54) is 11.8 Å². The molecule has 0 saturated heterocycles. The van der Waals surface area contributed by atoms with Crippen LogP contribution in [0.3, 0.4) is 0 Å². The number of carbonyl (C=O) groups excluding carboxylic acids is 1. The van der Waals surface area contributed by atoms with E-state index in [9.17, 15) is 4.79 Å². The van der Waals surface area contributed by atoms with Crippen molar-refractivity contribution in [3.63, 3.8) is 0 Å². The lowest BCUT2D eigenvalue weighted by Gasteiger charge is -2.26. The molecule has 2 rings (SSSR count). The van der Waals surface area contributed by atoms with Gasteiger partial charge < -0.3 is 29.4 Å². The van der Waals surface area contributed by atoms with Gasteiger partial charge in [-0.3, -0.25) is 0 Å². The number of benzene rings is 2. The van der Waals surface area contributed by atoms with Crippen molar-refractivity contribution < 1.29 is 28.5 Å². The molecule has 0 aromatic heterocycles.